The van der Waals surface area contributed by atoms with Gasteiger partial charge in [0.15, 0.2) is 0 Å². The number of fused-ring (bicyclic) bond motifs is 1. The van der Waals surface area contributed by atoms with Gasteiger partial charge in [-0.15, -0.1) is 0 Å². The summed E-state index contributed by atoms with van der Waals surface area (Å²) in [5, 5.41) is 14.3. The molecule has 2 aromatic carbocycles. The van der Waals surface area contributed by atoms with Crippen molar-refractivity contribution >= 4 is 46.0 Å². The summed E-state index contributed by atoms with van der Waals surface area (Å²) in [6.45, 7) is 1.15. The van der Waals surface area contributed by atoms with E-state index >= 15 is 0 Å². The number of hydrogen-bond acceptors (Lipinski definition) is 2. The van der Waals surface area contributed by atoms with Gasteiger partial charge in [-0.1, -0.05) is 35.3 Å². The van der Waals surface area contributed by atoms with Crippen molar-refractivity contribution < 1.29 is 14.7 Å². The third-order valence-electron chi connectivity index (χ3n) is 6.08. The second-order valence-corrected chi connectivity index (χ2v) is 9.10. The van der Waals surface area contributed by atoms with E-state index in [4.69, 9.17) is 28.3 Å². The van der Waals surface area contributed by atoms with Crippen LogP contribution in [0.4, 0.5) is 0 Å². The first-order valence-corrected chi connectivity index (χ1v) is 11.2. The molecule has 0 bridgehead atoms. The number of benzene rings is 2. The minimum absolute atomic E-state index is 0.163. The number of hydrogen-bond donors (Lipinski definition) is 2. The fourth-order valence-electron chi connectivity index (χ4n) is 4.35. The molecule has 7 heteroatoms. The molecule has 0 aliphatic heterocycles. The fraction of sp³-hybridized carbons (Fsp3) is 0.333. The van der Waals surface area contributed by atoms with Crippen LogP contribution in [-0.4, -0.2) is 28.1 Å². The molecule has 0 saturated heterocycles. The molecule has 5 nitrogen and oxygen atoms in total. The van der Waals surface area contributed by atoms with E-state index < -0.39 is 5.97 Å². The van der Waals surface area contributed by atoms with Gasteiger partial charge in [0.1, 0.15) is 0 Å². The third-order valence-corrected chi connectivity index (χ3v) is 6.55. The van der Waals surface area contributed by atoms with Crippen LogP contribution < -0.4 is 5.32 Å². The average Bonchev–Trinajstić information content (AvgIpc) is 3.15. The molecule has 162 valence electrons. The Morgan fingerprint density at radius 3 is 2.39 bits per heavy atom. The zero-order valence-electron chi connectivity index (χ0n) is 17.0. The second kappa shape index (κ2) is 9.33. The molecule has 1 aliphatic carbocycles. The Labute approximate surface area is 191 Å². The van der Waals surface area contributed by atoms with Crippen molar-refractivity contribution in [1.29, 1.82) is 0 Å². The number of carboxylic acids is 1. The van der Waals surface area contributed by atoms with Crippen LogP contribution in [0.2, 0.25) is 10.0 Å². The number of halogens is 2. The number of carbonyl (C=O) groups excluding carboxylic acids is 1. The molecule has 0 atom stereocenters. The maximum atomic E-state index is 13.1. The molecular formula is C24H24Cl2N2O3. The van der Waals surface area contributed by atoms with Crippen molar-refractivity contribution in [3.05, 3.63) is 69.8 Å². The molecule has 0 unspecified atom stereocenters. The van der Waals surface area contributed by atoms with Gasteiger partial charge in [-0.3, -0.25) is 9.59 Å². The van der Waals surface area contributed by atoms with E-state index in [1.54, 1.807) is 6.07 Å². The summed E-state index contributed by atoms with van der Waals surface area (Å²) < 4.78 is 2.04. The second-order valence-electron chi connectivity index (χ2n) is 8.23. The monoisotopic (exact) mass is 458 g/mol. The molecule has 0 spiro atoms. The molecule has 1 fully saturated rings. The van der Waals surface area contributed by atoms with E-state index in [9.17, 15) is 9.59 Å². The first-order chi connectivity index (χ1) is 14.9. The summed E-state index contributed by atoms with van der Waals surface area (Å²) in [4.78, 5) is 24.2. The number of carbonyl (C=O) groups is 2. The van der Waals surface area contributed by atoms with Gasteiger partial charge < -0.3 is 15.0 Å². The molecule has 3 aromatic rings. The average molecular weight is 459 g/mol. The van der Waals surface area contributed by atoms with Crippen molar-refractivity contribution in [2.75, 3.05) is 6.54 Å². The molecule has 1 aromatic heterocycles. The first-order valence-electron chi connectivity index (χ1n) is 10.4. The molecule has 1 saturated carbocycles. The molecular weight excluding hydrogens is 435 g/mol. The van der Waals surface area contributed by atoms with E-state index in [1.807, 2.05) is 47.2 Å². The molecule has 31 heavy (non-hydrogen) atoms. The van der Waals surface area contributed by atoms with E-state index in [1.165, 1.54) is 0 Å². The number of aromatic nitrogens is 1. The van der Waals surface area contributed by atoms with Gasteiger partial charge in [0, 0.05) is 34.7 Å². The Balaban J connectivity index is 1.51. The minimum Gasteiger partial charge on any atom is -0.481 e. The predicted molar refractivity (Wildman–Crippen MR) is 123 cm³/mol. The van der Waals surface area contributed by atoms with E-state index in [0.29, 0.717) is 47.5 Å². The largest absolute Gasteiger partial charge is 0.481 e. The smallest absolute Gasteiger partial charge is 0.306 e. The first kappa shape index (κ1) is 21.7. The maximum absolute atomic E-state index is 13.1. The molecule has 1 amide bonds. The Morgan fingerprint density at radius 2 is 1.71 bits per heavy atom. The predicted octanol–water partition coefficient (Wildman–Crippen LogP) is 5.62. The molecule has 1 aliphatic rings. The lowest BCUT2D eigenvalue weighted by Crippen LogP contribution is -2.32. The summed E-state index contributed by atoms with van der Waals surface area (Å²) in [5.41, 5.74) is 2.46. The van der Waals surface area contributed by atoms with Crippen LogP contribution >= 0.6 is 23.2 Å². The van der Waals surface area contributed by atoms with Crippen LogP contribution in [0.25, 0.3) is 10.9 Å². The van der Waals surface area contributed by atoms with Gasteiger partial charge in [-0.25, -0.2) is 0 Å². The van der Waals surface area contributed by atoms with E-state index in [-0.39, 0.29) is 11.8 Å². The molecule has 4 rings (SSSR count). The van der Waals surface area contributed by atoms with Gasteiger partial charge in [0.2, 0.25) is 0 Å². The van der Waals surface area contributed by atoms with Crippen molar-refractivity contribution in [1.82, 2.24) is 9.88 Å². The highest BCUT2D eigenvalue weighted by molar-refractivity contribution is 6.32. The highest BCUT2D eigenvalue weighted by Gasteiger charge is 2.26. The van der Waals surface area contributed by atoms with Crippen LogP contribution in [0.3, 0.4) is 0 Å². The van der Waals surface area contributed by atoms with Crippen molar-refractivity contribution in [2.45, 2.75) is 32.2 Å². The van der Waals surface area contributed by atoms with Crippen LogP contribution in [0.5, 0.6) is 0 Å². The number of nitrogens with one attached hydrogen (secondary N) is 1. The van der Waals surface area contributed by atoms with Crippen LogP contribution in [-0.2, 0) is 11.3 Å². The molecule has 1 heterocycles. The third kappa shape index (κ3) is 5.05. The lowest BCUT2D eigenvalue weighted by Gasteiger charge is -2.26. The lowest BCUT2D eigenvalue weighted by atomic mass is 9.82. The van der Waals surface area contributed by atoms with Gasteiger partial charge >= 0.3 is 5.97 Å². The van der Waals surface area contributed by atoms with Crippen molar-refractivity contribution in [3.8, 4) is 0 Å². The standard InChI is InChI=1S/C24H24Cl2N2O3/c25-19-7-3-16(4-8-19)14-28-10-9-18-11-20(26)12-21(22(18)28)23(29)27-13-15-1-5-17(6-2-15)24(30)31/h3-4,7-12,15,17H,1-2,5-6,13-14H2,(H,27,29)(H,30,31). The minimum atomic E-state index is -0.717. The highest BCUT2D eigenvalue weighted by Crippen LogP contribution is 2.29. The Bertz CT molecular complexity index is 1100. The number of rotatable bonds is 6. The molecule has 2 N–H and O–H groups in total. The zero-order chi connectivity index (χ0) is 22.0. The number of carboxylic acid groups (broad SMARTS) is 1. The molecule has 0 radical (unpaired) electrons. The summed E-state index contributed by atoms with van der Waals surface area (Å²) in [7, 11) is 0. The summed E-state index contributed by atoms with van der Waals surface area (Å²) in [6, 6.07) is 13.2. The SMILES string of the molecule is O=C(NCC1CCC(C(=O)O)CC1)c1cc(Cl)cc2ccn(Cc3ccc(Cl)cc3)c12. The quantitative estimate of drug-likeness (QED) is 0.503. The number of amides is 1. The van der Waals surface area contributed by atoms with Crippen LogP contribution in [0.15, 0.2) is 48.7 Å². The van der Waals surface area contributed by atoms with Crippen molar-refractivity contribution in [3.63, 3.8) is 0 Å². The van der Waals surface area contributed by atoms with Gasteiger partial charge in [-0.05, 0) is 67.5 Å². The maximum Gasteiger partial charge on any atom is 0.306 e. The Kier molecular flexibility index (Phi) is 6.54. The lowest BCUT2D eigenvalue weighted by molar-refractivity contribution is -0.143. The topological polar surface area (TPSA) is 71.3 Å². The summed E-state index contributed by atoms with van der Waals surface area (Å²) >= 11 is 12.3. The normalized spacial score (nSPS) is 18.8. The van der Waals surface area contributed by atoms with Crippen LogP contribution in [0, 0.1) is 11.8 Å². The Hall–Kier alpha value is -2.50. The summed E-state index contributed by atoms with van der Waals surface area (Å²) in [6.07, 6.45) is 4.92. The van der Waals surface area contributed by atoms with Crippen LogP contribution in [0.1, 0.15) is 41.6 Å². The highest BCUT2D eigenvalue weighted by atomic mass is 35.5. The zero-order valence-corrected chi connectivity index (χ0v) is 18.5. The number of nitrogens with zero attached hydrogens (tertiary/aromatic N) is 1. The van der Waals surface area contributed by atoms with Gasteiger partial charge in [-0.2, -0.15) is 0 Å². The van der Waals surface area contributed by atoms with E-state index in [0.717, 1.165) is 29.3 Å². The van der Waals surface area contributed by atoms with Gasteiger partial charge in [0.25, 0.3) is 5.91 Å². The Morgan fingerprint density at radius 1 is 1.00 bits per heavy atom. The van der Waals surface area contributed by atoms with Crippen molar-refractivity contribution in [2.24, 2.45) is 11.8 Å². The fourth-order valence-corrected chi connectivity index (χ4v) is 4.70. The van der Waals surface area contributed by atoms with E-state index in [2.05, 4.69) is 5.32 Å². The van der Waals surface area contributed by atoms with Gasteiger partial charge in [0.05, 0.1) is 17.0 Å². The number of aliphatic carboxylic acids is 1. The summed E-state index contributed by atoms with van der Waals surface area (Å²) in [5.74, 6) is -0.833.